The summed E-state index contributed by atoms with van der Waals surface area (Å²) in [6, 6.07) is 12.6. The van der Waals surface area contributed by atoms with Gasteiger partial charge in [0.1, 0.15) is 33.4 Å². The number of nitrogens with zero attached hydrogens (tertiary/aromatic N) is 4. The molecule has 0 aromatic heterocycles. The second kappa shape index (κ2) is 14.3. The number of hydrogen-bond acceptors (Lipinski definition) is 12. The Morgan fingerprint density at radius 1 is 0.854 bits per heavy atom. The van der Waals surface area contributed by atoms with Gasteiger partial charge in [0.25, 0.3) is 10.1 Å². The maximum atomic E-state index is 12.1. The minimum Gasteiger partial charge on any atom is -0.494 e. The maximum absolute atomic E-state index is 12.1. The molecular weight excluding hydrogens is 552 g/mol. The van der Waals surface area contributed by atoms with E-state index in [4.69, 9.17) is 26.0 Å². The Morgan fingerprint density at radius 2 is 1.54 bits per heavy atom. The van der Waals surface area contributed by atoms with Gasteiger partial charge in [-0.1, -0.05) is 31.0 Å². The number of aliphatic hydroxyl groups excluding tert-OH is 1. The van der Waals surface area contributed by atoms with E-state index in [2.05, 4.69) is 20.5 Å². The number of aryl methyl sites for hydroxylation is 1. The molecule has 0 fully saturated rings. The average molecular weight is 585 g/mol. The van der Waals surface area contributed by atoms with Gasteiger partial charge in [0, 0.05) is 6.61 Å². The van der Waals surface area contributed by atoms with Crippen molar-refractivity contribution in [2.45, 2.75) is 37.0 Å². The number of azo groups is 2. The number of anilines is 2. The predicted octanol–water partition coefficient (Wildman–Crippen LogP) is 5.82. The molecule has 6 N–H and O–H groups in total. The van der Waals surface area contributed by atoms with E-state index in [9.17, 15) is 17.8 Å². The summed E-state index contributed by atoms with van der Waals surface area (Å²) in [5, 5.41) is 25.3. The lowest BCUT2D eigenvalue weighted by Gasteiger charge is -2.11. The molecule has 0 heterocycles. The fourth-order valence-corrected chi connectivity index (χ4v) is 4.52. The molecule has 0 saturated carbocycles. The van der Waals surface area contributed by atoms with Crippen LogP contribution in [-0.4, -0.2) is 44.9 Å². The topological polar surface area (TPSA) is 212 Å². The molecule has 0 spiro atoms. The van der Waals surface area contributed by atoms with Crippen LogP contribution in [0.25, 0.3) is 0 Å². The summed E-state index contributed by atoms with van der Waals surface area (Å²) in [6.45, 7) is 0.171. The molecule has 218 valence electrons. The molecule has 0 bridgehead atoms. The second-order valence-corrected chi connectivity index (χ2v) is 10.2. The standard InChI is InChI=1S/C27H32N6O7S/c1-39-22-13-12-17(9-5-3-4-8-14-34)15-20(22)31-32-21-16-23(41(36,37)38)25(29)26(24(21)28)33-30-19-11-7-6-10-18(19)27(35)40-2/h6-7,10-13,15-16,34H,3-5,8-9,14,28-29H2,1-2H3,(H,36,37,38). The minimum atomic E-state index is -4.82. The number of nitrogens with two attached hydrogens (primary N) is 2. The van der Waals surface area contributed by atoms with E-state index >= 15 is 0 Å². The van der Waals surface area contributed by atoms with Crippen molar-refractivity contribution >= 4 is 50.2 Å². The molecule has 0 aliphatic carbocycles. The van der Waals surface area contributed by atoms with Gasteiger partial charge in [0.2, 0.25) is 0 Å². The van der Waals surface area contributed by atoms with Crippen molar-refractivity contribution in [3.05, 3.63) is 59.7 Å². The highest BCUT2D eigenvalue weighted by Crippen LogP contribution is 2.43. The van der Waals surface area contributed by atoms with Crippen LogP contribution in [0.15, 0.2) is 73.9 Å². The van der Waals surface area contributed by atoms with Gasteiger partial charge < -0.3 is 26.0 Å². The van der Waals surface area contributed by atoms with Crippen molar-refractivity contribution < 1.29 is 32.3 Å². The molecule has 0 saturated heterocycles. The molecule has 3 aromatic rings. The fraction of sp³-hybridized carbons (Fsp3) is 0.296. The third-order valence-electron chi connectivity index (χ3n) is 6.05. The molecular formula is C27H32N6O7S. The van der Waals surface area contributed by atoms with Gasteiger partial charge >= 0.3 is 5.97 Å². The monoisotopic (exact) mass is 584 g/mol. The number of rotatable bonds is 13. The molecule has 0 aliphatic rings. The summed E-state index contributed by atoms with van der Waals surface area (Å²) in [6.07, 6.45) is 4.34. The first-order valence-corrected chi connectivity index (χ1v) is 14.0. The van der Waals surface area contributed by atoms with Crippen molar-refractivity contribution in [1.82, 2.24) is 0 Å². The van der Waals surface area contributed by atoms with Gasteiger partial charge in [0.05, 0.1) is 31.2 Å². The highest BCUT2D eigenvalue weighted by molar-refractivity contribution is 7.86. The Hall–Kier alpha value is -4.40. The lowest BCUT2D eigenvalue weighted by molar-refractivity contribution is 0.0601. The van der Waals surface area contributed by atoms with Gasteiger partial charge in [-0.3, -0.25) is 4.55 Å². The molecule has 3 rings (SSSR count). The number of carbonyl (C=O) groups excluding carboxylic acids is 1. The number of ether oxygens (including phenoxy) is 2. The average Bonchev–Trinajstić information content (AvgIpc) is 2.95. The summed E-state index contributed by atoms with van der Waals surface area (Å²) in [5.74, 6) is -0.246. The molecule has 0 atom stereocenters. The number of nitrogen functional groups attached to an aromatic ring is 2. The van der Waals surface area contributed by atoms with E-state index in [1.165, 1.54) is 26.4 Å². The van der Waals surface area contributed by atoms with Crippen LogP contribution in [0.5, 0.6) is 5.75 Å². The van der Waals surface area contributed by atoms with Crippen molar-refractivity contribution in [3.63, 3.8) is 0 Å². The lowest BCUT2D eigenvalue weighted by Crippen LogP contribution is -2.05. The summed E-state index contributed by atoms with van der Waals surface area (Å²) in [4.78, 5) is 11.4. The lowest BCUT2D eigenvalue weighted by atomic mass is 10.1. The number of unbranched alkanes of at least 4 members (excludes halogenated alkanes) is 3. The number of benzene rings is 3. The van der Waals surface area contributed by atoms with Crippen molar-refractivity contribution in [2.24, 2.45) is 20.5 Å². The largest absolute Gasteiger partial charge is 0.494 e. The van der Waals surface area contributed by atoms with Crippen LogP contribution in [0.3, 0.4) is 0 Å². The number of aliphatic hydroxyl groups is 1. The van der Waals surface area contributed by atoms with E-state index in [1.54, 1.807) is 24.3 Å². The third-order valence-corrected chi connectivity index (χ3v) is 6.94. The van der Waals surface area contributed by atoms with Crippen molar-refractivity contribution in [3.8, 4) is 5.75 Å². The first-order chi connectivity index (χ1) is 19.6. The zero-order chi connectivity index (χ0) is 30.0. The van der Waals surface area contributed by atoms with Gasteiger partial charge in [-0.15, -0.1) is 20.5 Å². The Balaban J connectivity index is 2.03. The SMILES string of the molecule is COC(=O)c1ccccc1N=Nc1c(N)c(N=Nc2cc(CCCCCCO)ccc2OC)cc(S(=O)(=O)O)c1N. The van der Waals surface area contributed by atoms with Crippen molar-refractivity contribution in [1.29, 1.82) is 0 Å². The number of hydrogen-bond donors (Lipinski definition) is 4. The van der Waals surface area contributed by atoms with E-state index in [1.807, 2.05) is 6.07 Å². The Kier molecular flexibility index (Phi) is 10.9. The molecule has 0 amide bonds. The van der Waals surface area contributed by atoms with Gasteiger partial charge in [-0.2, -0.15) is 8.42 Å². The van der Waals surface area contributed by atoms with Gasteiger partial charge in [-0.25, -0.2) is 4.79 Å². The quantitative estimate of drug-likeness (QED) is 0.0625. The number of carbonyl (C=O) groups is 1. The molecule has 14 heteroatoms. The first kappa shape index (κ1) is 31.1. The van der Waals surface area contributed by atoms with Gasteiger partial charge in [0.15, 0.2) is 0 Å². The fourth-order valence-electron chi connectivity index (χ4n) is 3.89. The number of methoxy groups -OCH3 is 2. The summed E-state index contributed by atoms with van der Waals surface area (Å²) in [7, 11) is -2.14. The second-order valence-electron chi connectivity index (χ2n) is 8.85. The van der Waals surface area contributed by atoms with Crippen molar-refractivity contribution in [2.75, 3.05) is 32.3 Å². The molecule has 41 heavy (non-hydrogen) atoms. The minimum absolute atomic E-state index is 0.0992. The van der Waals surface area contributed by atoms with Crippen LogP contribution >= 0.6 is 0 Å². The van der Waals surface area contributed by atoms with Crippen LogP contribution < -0.4 is 16.2 Å². The summed E-state index contributed by atoms with van der Waals surface area (Å²) >= 11 is 0. The highest BCUT2D eigenvalue weighted by Gasteiger charge is 2.23. The van der Waals surface area contributed by atoms with E-state index in [-0.39, 0.29) is 34.9 Å². The van der Waals surface area contributed by atoms with E-state index in [0.29, 0.717) is 11.4 Å². The smallest absolute Gasteiger partial charge is 0.340 e. The molecule has 0 radical (unpaired) electrons. The van der Waals surface area contributed by atoms with Crippen LogP contribution in [0, 0.1) is 0 Å². The van der Waals surface area contributed by atoms with E-state index < -0.39 is 26.7 Å². The van der Waals surface area contributed by atoms with Crippen LogP contribution in [0.2, 0.25) is 0 Å². The molecule has 0 aliphatic heterocycles. The molecule has 3 aromatic carbocycles. The normalized spacial score (nSPS) is 11.8. The maximum Gasteiger partial charge on any atom is 0.340 e. The van der Waals surface area contributed by atoms with E-state index in [0.717, 1.165) is 43.7 Å². The zero-order valence-corrected chi connectivity index (χ0v) is 23.5. The van der Waals surface area contributed by atoms with Gasteiger partial charge in [-0.05, 0) is 55.2 Å². The Labute approximate surface area is 237 Å². The molecule has 13 nitrogen and oxygen atoms in total. The third kappa shape index (κ3) is 8.06. The van der Waals surface area contributed by atoms with Crippen LogP contribution in [-0.2, 0) is 21.3 Å². The predicted molar refractivity (Wildman–Crippen MR) is 153 cm³/mol. The Bertz CT molecular complexity index is 1560. The van der Waals surface area contributed by atoms with Crippen LogP contribution in [0.4, 0.5) is 34.1 Å². The Morgan fingerprint density at radius 3 is 2.22 bits per heavy atom. The molecule has 0 unspecified atom stereocenters. The summed E-state index contributed by atoms with van der Waals surface area (Å²) in [5.41, 5.74) is 12.7. The number of esters is 1. The zero-order valence-electron chi connectivity index (χ0n) is 22.6. The summed E-state index contributed by atoms with van der Waals surface area (Å²) < 4.78 is 44.1. The first-order valence-electron chi connectivity index (χ1n) is 12.6. The van der Waals surface area contributed by atoms with Crippen LogP contribution in [0.1, 0.15) is 41.6 Å². The highest BCUT2D eigenvalue weighted by atomic mass is 32.2.